The lowest BCUT2D eigenvalue weighted by Gasteiger charge is -2.25. The van der Waals surface area contributed by atoms with Gasteiger partial charge in [-0.3, -0.25) is 9.36 Å². The monoisotopic (exact) mass is 680 g/mol. The Labute approximate surface area is 281 Å². The quantitative estimate of drug-likeness (QED) is 0.161. The first-order valence-electron chi connectivity index (χ1n) is 14.9. The van der Waals surface area contributed by atoms with E-state index in [0.29, 0.717) is 54.5 Å². The molecule has 46 heavy (non-hydrogen) atoms. The van der Waals surface area contributed by atoms with Crippen LogP contribution < -0.4 is 29.1 Å². The average Bonchev–Trinajstić information content (AvgIpc) is 3.31. The van der Waals surface area contributed by atoms with Gasteiger partial charge in [0.1, 0.15) is 12.4 Å². The first-order valence-corrected chi connectivity index (χ1v) is 16.5. The molecule has 1 aromatic heterocycles. The van der Waals surface area contributed by atoms with Crippen molar-refractivity contribution in [2.75, 3.05) is 13.2 Å². The lowest BCUT2D eigenvalue weighted by atomic mass is 9.96. The van der Waals surface area contributed by atoms with Gasteiger partial charge >= 0.3 is 5.97 Å². The van der Waals surface area contributed by atoms with Gasteiger partial charge in [-0.25, -0.2) is 9.79 Å². The SMILES string of the molecule is CCOC(=O)C1=C(C)N=c2s/c(=C\c3ccc(OCc4ccc(Cl)cc4Cl)c(OCC)c3)c(=O)n2[C@@H]1c1ccc(OC(C)C)cc1. The van der Waals surface area contributed by atoms with Crippen LogP contribution in [-0.2, 0) is 16.1 Å². The number of hydrogen-bond donors (Lipinski definition) is 0. The minimum absolute atomic E-state index is 0.00611. The minimum atomic E-state index is -0.722. The van der Waals surface area contributed by atoms with Crippen LogP contribution in [-0.4, -0.2) is 29.9 Å². The summed E-state index contributed by atoms with van der Waals surface area (Å²) in [6.45, 7) is 10.1. The topological polar surface area (TPSA) is 88.4 Å². The van der Waals surface area contributed by atoms with E-state index in [1.54, 1.807) is 42.7 Å². The van der Waals surface area contributed by atoms with Gasteiger partial charge in [-0.1, -0.05) is 58.8 Å². The molecule has 0 fully saturated rings. The Morgan fingerprint density at radius 1 is 1.00 bits per heavy atom. The molecule has 8 nitrogen and oxygen atoms in total. The van der Waals surface area contributed by atoms with Gasteiger partial charge in [0.15, 0.2) is 16.3 Å². The number of fused-ring (bicyclic) bond motifs is 1. The van der Waals surface area contributed by atoms with Crippen molar-refractivity contribution in [3.8, 4) is 17.2 Å². The maximum absolute atomic E-state index is 14.0. The van der Waals surface area contributed by atoms with Crippen LogP contribution >= 0.6 is 34.5 Å². The van der Waals surface area contributed by atoms with E-state index in [9.17, 15) is 9.59 Å². The maximum Gasteiger partial charge on any atom is 0.338 e. The fourth-order valence-electron chi connectivity index (χ4n) is 5.06. The number of aromatic nitrogens is 1. The smallest absolute Gasteiger partial charge is 0.338 e. The van der Waals surface area contributed by atoms with Crippen LogP contribution in [0.3, 0.4) is 0 Å². The molecule has 0 amide bonds. The summed E-state index contributed by atoms with van der Waals surface area (Å²) in [6, 6.07) is 17.4. The Bertz CT molecular complexity index is 1960. The molecule has 0 aliphatic carbocycles. The zero-order valence-electron chi connectivity index (χ0n) is 26.1. The maximum atomic E-state index is 14.0. The van der Waals surface area contributed by atoms with Crippen LogP contribution in [0.4, 0.5) is 0 Å². The number of nitrogens with zero attached hydrogens (tertiary/aromatic N) is 2. The van der Waals surface area contributed by atoms with Crippen molar-refractivity contribution in [3.63, 3.8) is 0 Å². The molecule has 0 spiro atoms. The number of hydrogen-bond acceptors (Lipinski definition) is 8. The number of esters is 1. The number of thiazole rings is 1. The van der Waals surface area contributed by atoms with Crippen molar-refractivity contribution in [2.24, 2.45) is 4.99 Å². The highest BCUT2D eigenvalue weighted by molar-refractivity contribution is 7.07. The first-order chi connectivity index (χ1) is 22.1. The largest absolute Gasteiger partial charge is 0.491 e. The molecule has 1 aliphatic rings. The van der Waals surface area contributed by atoms with Crippen LogP contribution in [0, 0.1) is 0 Å². The van der Waals surface area contributed by atoms with Crippen LogP contribution in [0.2, 0.25) is 10.0 Å². The molecule has 0 bridgehead atoms. The van der Waals surface area contributed by atoms with Crippen molar-refractivity contribution >= 4 is 46.6 Å². The number of benzene rings is 3. The number of rotatable bonds is 11. The van der Waals surface area contributed by atoms with E-state index in [-0.39, 0.29) is 24.9 Å². The van der Waals surface area contributed by atoms with Crippen molar-refractivity contribution in [3.05, 3.63) is 118 Å². The van der Waals surface area contributed by atoms with E-state index >= 15 is 0 Å². The van der Waals surface area contributed by atoms with Crippen molar-refractivity contribution in [2.45, 2.75) is 53.4 Å². The Balaban J connectivity index is 1.54. The number of halogens is 2. The number of carbonyl (C=O) groups is 1. The third-order valence-corrected chi connectivity index (χ3v) is 8.62. The molecule has 0 saturated carbocycles. The van der Waals surface area contributed by atoms with E-state index in [4.69, 9.17) is 42.1 Å². The summed E-state index contributed by atoms with van der Waals surface area (Å²) < 4.78 is 25.2. The number of carbonyl (C=O) groups excluding carboxylic acids is 1. The first kappa shape index (κ1) is 33.3. The average molecular weight is 682 g/mol. The molecule has 5 rings (SSSR count). The van der Waals surface area contributed by atoms with Gasteiger partial charge < -0.3 is 18.9 Å². The van der Waals surface area contributed by atoms with Gasteiger partial charge in [-0.2, -0.15) is 0 Å². The van der Waals surface area contributed by atoms with Crippen LogP contribution in [0.25, 0.3) is 6.08 Å². The normalized spacial score (nSPS) is 14.6. The minimum Gasteiger partial charge on any atom is -0.491 e. The summed E-state index contributed by atoms with van der Waals surface area (Å²) in [7, 11) is 0. The summed E-state index contributed by atoms with van der Waals surface area (Å²) in [6.07, 6.45) is 1.79. The van der Waals surface area contributed by atoms with E-state index in [1.807, 2.05) is 63.2 Å². The molecule has 240 valence electrons. The van der Waals surface area contributed by atoms with Gasteiger partial charge in [0, 0.05) is 15.6 Å². The van der Waals surface area contributed by atoms with Crippen molar-refractivity contribution in [1.82, 2.24) is 4.57 Å². The highest BCUT2D eigenvalue weighted by Gasteiger charge is 2.33. The molecular formula is C35H34Cl2N2O6S. The molecule has 1 atom stereocenters. The molecule has 0 N–H and O–H groups in total. The standard InChI is InChI=1S/C35H34Cl2N2O6S/c1-6-42-29-16-22(8-15-28(29)44-19-24-9-12-25(36)18-27(24)37)17-30-33(40)39-32(23-10-13-26(14-11-23)45-20(3)4)31(34(41)43-7-2)21(5)38-35(39)46-30/h8-18,20,32H,6-7,19H2,1-5H3/b30-17-/t32-/m1/s1. The predicted octanol–water partition coefficient (Wildman–Crippen LogP) is 6.87. The van der Waals surface area contributed by atoms with Gasteiger partial charge in [0.2, 0.25) is 0 Å². The molecule has 2 heterocycles. The van der Waals surface area contributed by atoms with Gasteiger partial charge in [-0.15, -0.1) is 0 Å². The van der Waals surface area contributed by atoms with E-state index in [2.05, 4.69) is 4.99 Å². The third-order valence-electron chi connectivity index (χ3n) is 7.05. The summed E-state index contributed by atoms with van der Waals surface area (Å²) in [5.74, 6) is 1.24. The molecule has 3 aromatic carbocycles. The highest BCUT2D eigenvalue weighted by Crippen LogP contribution is 2.33. The number of ether oxygens (including phenoxy) is 4. The summed E-state index contributed by atoms with van der Waals surface area (Å²) in [5, 5.41) is 1.06. The Hall–Kier alpha value is -4.05. The number of allylic oxidation sites excluding steroid dienone is 1. The summed E-state index contributed by atoms with van der Waals surface area (Å²) in [5.41, 5.74) is 2.80. The molecule has 4 aromatic rings. The lowest BCUT2D eigenvalue weighted by Crippen LogP contribution is -2.39. The van der Waals surface area contributed by atoms with Crippen molar-refractivity contribution in [1.29, 1.82) is 0 Å². The zero-order chi connectivity index (χ0) is 33.0. The Morgan fingerprint density at radius 3 is 2.43 bits per heavy atom. The van der Waals surface area contributed by atoms with Gasteiger partial charge in [0.25, 0.3) is 5.56 Å². The van der Waals surface area contributed by atoms with Gasteiger partial charge in [-0.05, 0) is 88.2 Å². The van der Waals surface area contributed by atoms with Crippen molar-refractivity contribution < 1.29 is 23.7 Å². The third kappa shape index (κ3) is 7.33. The lowest BCUT2D eigenvalue weighted by molar-refractivity contribution is -0.139. The fraction of sp³-hybridized carbons (Fsp3) is 0.286. The molecule has 1 aliphatic heterocycles. The fourth-order valence-corrected chi connectivity index (χ4v) is 6.57. The Kier molecular flexibility index (Phi) is 10.6. The molecule has 0 unspecified atom stereocenters. The molecule has 0 saturated heterocycles. The van der Waals surface area contributed by atoms with Crippen LogP contribution in [0.1, 0.15) is 57.4 Å². The zero-order valence-corrected chi connectivity index (χ0v) is 28.5. The second-order valence-corrected chi connectivity index (χ2v) is 12.6. The van der Waals surface area contributed by atoms with Gasteiger partial charge in [0.05, 0.1) is 41.2 Å². The Morgan fingerprint density at radius 2 is 1.76 bits per heavy atom. The second-order valence-electron chi connectivity index (χ2n) is 10.7. The predicted molar refractivity (Wildman–Crippen MR) is 181 cm³/mol. The molecular weight excluding hydrogens is 647 g/mol. The summed E-state index contributed by atoms with van der Waals surface area (Å²) in [4.78, 5) is 32.4. The highest BCUT2D eigenvalue weighted by atomic mass is 35.5. The molecule has 0 radical (unpaired) electrons. The van der Waals surface area contributed by atoms with E-state index in [1.165, 1.54) is 11.3 Å². The van der Waals surface area contributed by atoms with Crippen LogP contribution in [0.5, 0.6) is 17.2 Å². The van der Waals surface area contributed by atoms with E-state index in [0.717, 1.165) is 16.7 Å². The van der Waals surface area contributed by atoms with Crippen LogP contribution in [0.15, 0.2) is 81.7 Å². The second kappa shape index (κ2) is 14.6. The van der Waals surface area contributed by atoms with E-state index < -0.39 is 12.0 Å². The summed E-state index contributed by atoms with van der Waals surface area (Å²) >= 11 is 13.6. The molecule has 11 heteroatoms.